The summed E-state index contributed by atoms with van der Waals surface area (Å²) in [5, 5.41) is -0.0506. The van der Waals surface area contributed by atoms with E-state index in [9.17, 15) is 8.42 Å². The molecule has 2 rings (SSSR count). The van der Waals surface area contributed by atoms with Gasteiger partial charge in [0, 0.05) is 11.3 Å². The first-order chi connectivity index (χ1) is 9.88. The number of benzene rings is 2. The van der Waals surface area contributed by atoms with Crippen molar-refractivity contribution in [2.45, 2.75) is 18.3 Å². The maximum Gasteiger partial charge on any atom is 0.154 e. The molecule has 0 spiro atoms. The zero-order valence-corrected chi connectivity index (χ0v) is 13.4. The summed E-state index contributed by atoms with van der Waals surface area (Å²) in [6, 6.07) is 16.2. The van der Waals surface area contributed by atoms with E-state index in [1.807, 2.05) is 30.3 Å². The van der Waals surface area contributed by atoms with E-state index in [1.54, 1.807) is 31.2 Å². The predicted octanol–water partition coefficient (Wildman–Crippen LogP) is 3.89. The Morgan fingerprint density at radius 2 is 1.57 bits per heavy atom. The Bertz CT molecular complexity index is 681. The van der Waals surface area contributed by atoms with Crippen molar-refractivity contribution in [3.8, 4) is 5.75 Å². The van der Waals surface area contributed by atoms with Crippen molar-refractivity contribution in [2.75, 3.05) is 6.26 Å². The number of rotatable bonds is 5. The standard InChI is InChI=1S/C16H17ClO3S/c1-12(21(2,18)19)16(13-6-4-3-5-7-13)20-15-10-8-14(17)9-11-15/h3-12,16H,1-2H3. The Labute approximate surface area is 130 Å². The molecular weight excluding hydrogens is 308 g/mol. The summed E-state index contributed by atoms with van der Waals surface area (Å²) in [5.74, 6) is 0.587. The summed E-state index contributed by atoms with van der Waals surface area (Å²) in [5.41, 5.74) is 0.824. The first-order valence-electron chi connectivity index (χ1n) is 6.54. The van der Waals surface area contributed by atoms with Gasteiger partial charge in [0.2, 0.25) is 0 Å². The minimum Gasteiger partial charge on any atom is -0.484 e. The highest BCUT2D eigenvalue weighted by Gasteiger charge is 2.29. The fourth-order valence-corrected chi connectivity index (χ4v) is 2.75. The lowest BCUT2D eigenvalue weighted by atomic mass is 10.1. The normalized spacial score (nSPS) is 14.4. The number of halogens is 1. The number of sulfone groups is 1. The summed E-state index contributed by atoms with van der Waals surface area (Å²) < 4.78 is 29.7. The number of ether oxygens (including phenoxy) is 1. The van der Waals surface area contributed by atoms with E-state index in [-0.39, 0.29) is 0 Å². The van der Waals surface area contributed by atoms with Crippen LogP contribution >= 0.6 is 11.6 Å². The predicted molar refractivity (Wildman–Crippen MR) is 85.6 cm³/mol. The van der Waals surface area contributed by atoms with Crippen molar-refractivity contribution in [2.24, 2.45) is 0 Å². The molecule has 3 nitrogen and oxygen atoms in total. The summed E-state index contributed by atoms with van der Waals surface area (Å²) in [6.45, 7) is 1.66. The highest BCUT2D eigenvalue weighted by atomic mass is 35.5. The fourth-order valence-electron chi connectivity index (χ4n) is 1.96. The lowest BCUT2D eigenvalue weighted by molar-refractivity contribution is 0.203. The molecule has 21 heavy (non-hydrogen) atoms. The molecule has 0 bridgehead atoms. The van der Waals surface area contributed by atoms with Gasteiger partial charge in [-0.1, -0.05) is 41.9 Å². The molecule has 2 atom stereocenters. The second-order valence-electron chi connectivity index (χ2n) is 4.94. The van der Waals surface area contributed by atoms with Crippen molar-refractivity contribution >= 4 is 21.4 Å². The zero-order valence-electron chi connectivity index (χ0n) is 11.9. The number of hydrogen-bond donors (Lipinski definition) is 0. The molecule has 0 amide bonds. The van der Waals surface area contributed by atoms with Gasteiger partial charge in [0.25, 0.3) is 0 Å². The topological polar surface area (TPSA) is 43.4 Å². The molecule has 0 aliphatic carbocycles. The maximum atomic E-state index is 11.9. The van der Waals surface area contributed by atoms with Crippen LogP contribution < -0.4 is 4.74 Å². The van der Waals surface area contributed by atoms with Crippen molar-refractivity contribution in [1.82, 2.24) is 0 Å². The molecule has 5 heteroatoms. The first kappa shape index (κ1) is 15.9. The second kappa shape index (κ2) is 6.50. The van der Waals surface area contributed by atoms with E-state index in [2.05, 4.69) is 0 Å². The lowest BCUT2D eigenvalue weighted by Gasteiger charge is -2.24. The summed E-state index contributed by atoms with van der Waals surface area (Å²) in [4.78, 5) is 0. The highest BCUT2D eigenvalue weighted by Crippen LogP contribution is 2.28. The van der Waals surface area contributed by atoms with Crippen LogP contribution in [0.3, 0.4) is 0 Å². The van der Waals surface area contributed by atoms with Crippen LogP contribution in [0.1, 0.15) is 18.6 Å². The van der Waals surface area contributed by atoms with Gasteiger partial charge in [0.15, 0.2) is 9.84 Å². The van der Waals surface area contributed by atoms with Crippen molar-refractivity contribution in [3.05, 3.63) is 65.2 Å². The van der Waals surface area contributed by atoms with Gasteiger partial charge in [0.05, 0.1) is 5.25 Å². The van der Waals surface area contributed by atoms with Crippen LogP contribution in [0.25, 0.3) is 0 Å². The van der Waals surface area contributed by atoms with E-state index in [1.165, 1.54) is 6.26 Å². The van der Waals surface area contributed by atoms with Gasteiger partial charge >= 0.3 is 0 Å². The Hall–Kier alpha value is -1.52. The van der Waals surface area contributed by atoms with E-state index in [0.29, 0.717) is 10.8 Å². The first-order valence-corrected chi connectivity index (χ1v) is 8.87. The average molecular weight is 325 g/mol. The molecule has 0 N–H and O–H groups in total. The van der Waals surface area contributed by atoms with Crippen LogP contribution in [0.15, 0.2) is 54.6 Å². The molecule has 0 aliphatic rings. The van der Waals surface area contributed by atoms with E-state index < -0.39 is 21.2 Å². The van der Waals surface area contributed by atoms with Crippen molar-refractivity contribution in [1.29, 1.82) is 0 Å². The van der Waals surface area contributed by atoms with Gasteiger partial charge in [-0.2, -0.15) is 0 Å². The Balaban J connectivity index is 2.34. The quantitative estimate of drug-likeness (QED) is 0.838. The van der Waals surface area contributed by atoms with Gasteiger partial charge in [-0.25, -0.2) is 8.42 Å². The van der Waals surface area contributed by atoms with Gasteiger partial charge in [-0.3, -0.25) is 0 Å². The van der Waals surface area contributed by atoms with Crippen LogP contribution in [-0.4, -0.2) is 19.9 Å². The molecule has 112 valence electrons. The monoisotopic (exact) mass is 324 g/mol. The summed E-state index contributed by atoms with van der Waals surface area (Å²) >= 11 is 5.85. The Morgan fingerprint density at radius 1 is 1.00 bits per heavy atom. The van der Waals surface area contributed by atoms with Gasteiger partial charge in [-0.15, -0.1) is 0 Å². The second-order valence-corrected chi connectivity index (χ2v) is 7.78. The summed E-state index contributed by atoms with van der Waals surface area (Å²) in [6.07, 6.45) is 0.654. The molecule has 0 radical (unpaired) electrons. The maximum absolute atomic E-state index is 11.9. The van der Waals surface area contributed by atoms with E-state index in [4.69, 9.17) is 16.3 Å². The van der Waals surface area contributed by atoms with Gasteiger partial charge < -0.3 is 4.74 Å². The minimum absolute atomic E-state index is 0.567. The molecule has 0 saturated carbocycles. The largest absolute Gasteiger partial charge is 0.484 e. The third kappa shape index (κ3) is 4.22. The molecule has 2 aromatic carbocycles. The van der Waals surface area contributed by atoms with Crippen molar-refractivity contribution < 1.29 is 13.2 Å². The van der Waals surface area contributed by atoms with Crippen LogP contribution in [0, 0.1) is 0 Å². The molecule has 0 heterocycles. The molecule has 0 fully saturated rings. The average Bonchev–Trinajstić information content (AvgIpc) is 2.46. The minimum atomic E-state index is -3.23. The SMILES string of the molecule is CC(C(Oc1ccc(Cl)cc1)c1ccccc1)S(C)(=O)=O. The number of hydrogen-bond acceptors (Lipinski definition) is 3. The molecule has 0 saturated heterocycles. The van der Waals surface area contributed by atoms with Crippen LogP contribution in [0.2, 0.25) is 5.02 Å². The Kier molecular flexibility index (Phi) is 4.91. The van der Waals surface area contributed by atoms with E-state index in [0.717, 1.165) is 5.56 Å². The van der Waals surface area contributed by atoms with Gasteiger partial charge in [0.1, 0.15) is 11.9 Å². The third-order valence-corrected chi connectivity index (χ3v) is 5.16. The third-order valence-electron chi connectivity index (χ3n) is 3.31. The highest BCUT2D eigenvalue weighted by molar-refractivity contribution is 7.91. The molecule has 0 aliphatic heterocycles. The van der Waals surface area contributed by atoms with Crippen LogP contribution in [-0.2, 0) is 9.84 Å². The summed E-state index contributed by atoms with van der Waals surface area (Å²) in [7, 11) is -3.23. The molecular formula is C16H17ClO3S. The fraction of sp³-hybridized carbons (Fsp3) is 0.250. The van der Waals surface area contributed by atoms with E-state index >= 15 is 0 Å². The molecule has 2 unspecified atom stereocenters. The lowest BCUT2D eigenvalue weighted by Crippen LogP contribution is -2.28. The molecule has 0 aromatic heterocycles. The Morgan fingerprint density at radius 3 is 2.10 bits per heavy atom. The molecule has 2 aromatic rings. The van der Waals surface area contributed by atoms with Crippen LogP contribution in [0.5, 0.6) is 5.75 Å². The van der Waals surface area contributed by atoms with Crippen molar-refractivity contribution in [3.63, 3.8) is 0 Å². The smallest absolute Gasteiger partial charge is 0.154 e. The van der Waals surface area contributed by atoms with Crippen LogP contribution in [0.4, 0.5) is 0 Å². The zero-order chi connectivity index (χ0) is 15.5. The van der Waals surface area contributed by atoms with Gasteiger partial charge in [-0.05, 0) is 36.8 Å².